The Bertz CT molecular complexity index is 908. The molecule has 0 fully saturated rings. The summed E-state index contributed by atoms with van der Waals surface area (Å²) >= 11 is 0. The number of H-pyrrole nitrogens is 1. The third-order valence-electron chi connectivity index (χ3n) is 3.20. The van der Waals surface area contributed by atoms with Crippen LogP contribution in [-0.4, -0.2) is 14.5 Å². The number of benzene rings is 1. The molecule has 0 spiro atoms. The highest BCUT2D eigenvalue weighted by Gasteiger charge is 2.12. The van der Waals surface area contributed by atoms with Crippen molar-refractivity contribution in [2.75, 3.05) is 0 Å². The first-order valence-corrected chi connectivity index (χ1v) is 6.26. The van der Waals surface area contributed by atoms with Crippen LogP contribution in [0.15, 0.2) is 46.0 Å². The van der Waals surface area contributed by atoms with Crippen LogP contribution in [0.25, 0.3) is 16.7 Å². The first kappa shape index (κ1) is 12.3. The summed E-state index contributed by atoms with van der Waals surface area (Å²) in [5, 5.41) is 0.444. The Labute approximate surface area is 114 Å². The summed E-state index contributed by atoms with van der Waals surface area (Å²) in [7, 11) is 0. The molecular formula is C15H13N3O2. The minimum absolute atomic E-state index is 0.338. The fourth-order valence-electron chi connectivity index (χ4n) is 2.37. The molecule has 0 saturated carbocycles. The molecule has 0 aliphatic carbocycles. The Morgan fingerprint density at radius 2 is 1.80 bits per heavy atom. The van der Waals surface area contributed by atoms with Gasteiger partial charge >= 0.3 is 5.69 Å². The van der Waals surface area contributed by atoms with E-state index in [-0.39, 0.29) is 5.56 Å². The molecule has 0 atom stereocenters. The summed E-state index contributed by atoms with van der Waals surface area (Å²) in [6.07, 6.45) is 0. The van der Waals surface area contributed by atoms with Crippen molar-refractivity contribution in [2.24, 2.45) is 0 Å². The second-order valence-electron chi connectivity index (χ2n) is 4.71. The third kappa shape index (κ3) is 1.84. The van der Waals surface area contributed by atoms with Crippen molar-refractivity contribution in [3.8, 4) is 5.69 Å². The van der Waals surface area contributed by atoms with Crippen LogP contribution >= 0.6 is 0 Å². The Morgan fingerprint density at radius 1 is 1.10 bits per heavy atom. The molecule has 1 N–H and O–H groups in total. The van der Waals surface area contributed by atoms with Crippen LogP contribution in [0.3, 0.4) is 0 Å². The fourth-order valence-corrected chi connectivity index (χ4v) is 2.37. The van der Waals surface area contributed by atoms with Gasteiger partial charge in [-0.05, 0) is 37.6 Å². The number of aryl methyl sites for hydroxylation is 2. The molecule has 0 aliphatic heterocycles. The quantitative estimate of drug-likeness (QED) is 0.729. The van der Waals surface area contributed by atoms with Crippen LogP contribution in [-0.2, 0) is 0 Å². The summed E-state index contributed by atoms with van der Waals surface area (Å²) in [5.41, 5.74) is 1.62. The highest BCUT2D eigenvalue weighted by molar-refractivity contribution is 5.77. The number of nitrogens with one attached hydrogen (secondary N) is 1. The van der Waals surface area contributed by atoms with Crippen LogP contribution in [0, 0.1) is 13.8 Å². The Balaban J connectivity index is 2.48. The molecule has 3 aromatic rings. The van der Waals surface area contributed by atoms with Gasteiger partial charge in [0.15, 0.2) is 0 Å². The highest BCUT2D eigenvalue weighted by Crippen LogP contribution is 2.11. The summed E-state index contributed by atoms with van der Waals surface area (Å²) in [5.74, 6) is 0. The molecule has 0 bridgehead atoms. The van der Waals surface area contributed by atoms with Crippen molar-refractivity contribution in [2.45, 2.75) is 13.8 Å². The number of hydrogen-bond acceptors (Lipinski definition) is 3. The summed E-state index contributed by atoms with van der Waals surface area (Å²) in [6, 6.07) is 10.7. The van der Waals surface area contributed by atoms with E-state index >= 15 is 0 Å². The van der Waals surface area contributed by atoms with E-state index in [0.29, 0.717) is 16.7 Å². The van der Waals surface area contributed by atoms with Gasteiger partial charge in [-0.3, -0.25) is 9.78 Å². The Morgan fingerprint density at radius 3 is 2.50 bits per heavy atom. The zero-order chi connectivity index (χ0) is 14.3. The smallest absolute Gasteiger partial charge is 0.291 e. The van der Waals surface area contributed by atoms with Gasteiger partial charge in [-0.2, -0.15) is 0 Å². The lowest BCUT2D eigenvalue weighted by Gasteiger charge is -2.08. The molecule has 100 valence electrons. The van der Waals surface area contributed by atoms with Crippen molar-refractivity contribution in [3.63, 3.8) is 0 Å². The van der Waals surface area contributed by atoms with Crippen molar-refractivity contribution in [3.05, 3.63) is 68.5 Å². The van der Waals surface area contributed by atoms with Crippen LogP contribution in [0.5, 0.6) is 0 Å². The standard InChI is InChI=1S/C15H13N3O2/c1-9-8-10(2)16-13-12(9)14(19)18(15(20)17-13)11-6-4-3-5-7-11/h3-8H,1-2H3,(H,16,17,20). The van der Waals surface area contributed by atoms with Gasteiger partial charge in [0.2, 0.25) is 0 Å². The van der Waals surface area contributed by atoms with E-state index in [1.807, 2.05) is 26.0 Å². The van der Waals surface area contributed by atoms with E-state index in [0.717, 1.165) is 15.8 Å². The predicted octanol–water partition coefficient (Wildman–Crippen LogP) is 1.69. The molecular weight excluding hydrogens is 254 g/mol. The molecule has 0 aliphatic rings. The minimum Gasteiger partial charge on any atom is -0.291 e. The minimum atomic E-state index is -0.480. The Kier molecular flexibility index (Phi) is 2.75. The molecule has 5 heteroatoms. The average molecular weight is 267 g/mol. The van der Waals surface area contributed by atoms with Gasteiger partial charge in [-0.15, -0.1) is 0 Å². The fraction of sp³-hybridized carbons (Fsp3) is 0.133. The number of para-hydroxylation sites is 1. The zero-order valence-corrected chi connectivity index (χ0v) is 11.2. The lowest BCUT2D eigenvalue weighted by Crippen LogP contribution is -2.34. The third-order valence-corrected chi connectivity index (χ3v) is 3.20. The molecule has 1 aromatic carbocycles. The maximum atomic E-state index is 12.6. The molecule has 0 unspecified atom stereocenters. The van der Waals surface area contributed by atoms with Crippen molar-refractivity contribution in [1.29, 1.82) is 0 Å². The van der Waals surface area contributed by atoms with Gasteiger partial charge in [0, 0.05) is 5.69 Å². The largest absolute Gasteiger partial charge is 0.334 e. The first-order chi connectivity index (χ1) is 9.58. The zero-order valence-electron chi connectivity index (χ0n) is 11.2. The van der Waals surface area contributed by atoms with Gasteiger partial charge in [0.25, 0.3) is 5.56 Å². The SMILES string of the molecule is Cc1cc(C)c2c(=O)n(-c3ccccc3)c(=O)[nH]c2n1. The van der Waals surface area contributed by atoms with E-state index in [1.165, 1.54) is 0 Å². The van der Waals surface area contributed by atoms with Gasteiger partial charge in [0.05, 0.1) is 11.1 Å². The number of nitrogens with zero attached hydrogens (tertiary/aromatic N) is 2. The second-order valence-corrected chi connectivity index (χ2v) is 4.71. The van der Waals surface area contributed by atoms with E-state index in [4.69, 9.17) is 0 Å². The normalized spacial score (nSPS) is 10.9. The highest BCUT2D eigenvalue weighted by atomic mass is 16.2. The first-order valence-electron chi connectivity index (χ1n) is 6.26. The number of fused-ring (bicyclic) bond motifs is 1. The molecule has 0 saturated heterocycles. The lowest BCUT2D eigenvalue weighted by atomic mass is 10.2. The molecule has 3 rings (SSSR count). The summed E-state index contributed by atoms with van der Waals surface area (Å²) < 4.78 is 1.13. The van der Waals surface area contributed by atoms with E-state index in [2.05, 4.69) is 9.97 Å². The average Bonchev–Trinajstić information content (AvgIpc) is 2.38. The van der Waals surface area contributed by atoms with E-state index < -0.39 is 5.69 Å². The number of aromatic amines is 1. The van der Waals surface area contributed by atoms with Crippen LogP contribution in [0.4, 0.5) is 0 Å². The van der Waals surface area contributed by atoms with Gasteiger partial charge in [0.1, 0.15) is 5.65 Å². The van der Waals surface area contributed by atoms with Gasteiger partial charge < -0.3 is 0 Å². The number of rotatable bonds is 1. The molecule has 2 aromatic heterocycles. The summed E-state index contributed by atoms with van der Waals surface area (Å²) in [4.78, 5) is 31.6. The molecule has 5 nitrogen and oxygen atoms in total. The van der Waals surface area contributed by atoms with E-state index in [1.54, 1.807) is 24.3 Å². The van der Waals surface area contributed by atoms with Crippen molar-refractivity contribution < 1.29 is 0 Å². The monoisotopic (exact) mass is 267 g/mol. The van der Waals surface area contributed by atoms with Crippen LogP contribution in [0.2, 0.25) is 0 Å². The van der Waals surface area contributed by atoms with Crippen LogP contribution in [0.1, 0.15) is 11.3 Å². The number of aromatic nitrogens is 3. The van der Waals surface area contributed by atoms with Crippen molar-refractivity contribution in [1.82, 2.24) is 14.5 Å². The second kappa shape index (κ2) is 4.45. The van der Waals surface area contributed by atoms with Crippen molar-refractivity contribution >= 4 is 11.0 Å². The summed E-state index contributed by atoms with van der Waals surface area (Å²) in [6.45, 7) is 3.67. The number of pyridine rings is 1. The molecule has 0 radical (unpaired) electrons. The van der Waals surface area contributed by atoms with E-state index in [9.17, 15) is 9.59 Å². The number of hydrogen-bond donors (Lipinski definition) is 1. The van der Waals surface area contributed by atoms with Gasteiger partial charge in [-0.1, -0.05) is 18.2 Å². The topological polar surface area (TPSA) is 67.8 Å². The lowest BCUT2D eigenvalue weighted by molar-refractivity contribution is 0.892. The molecule has 2 heterocycles. The van der Waals surface area contributed by atoms with Gasteiger partial charge in [-0.25, -0.2) is 14.3 Å². The molecule has 20 heavy (non-hydrogen) atoms. The predicted molar refractivity (Wildman–Crippen MR) is 77.4 cm³/mol. The molecule has 0 amide bonds. The Hall–Kier alpha value is -2.69. The van der Waals surface area contributed by atoms with Crippen LogP contribution < -0.4 is 11.2 Å². The maximum absolute atomic E-state index is 12.6. The maximum Gasteiger partial charge on any atom is 0.334 e.